The lowest BCUT2D eigenvalue weighted by atomic mass is 10.2. The summed E-state index contributed by atoms with van der Waals surface area (Å²) in [6.07, 6.45) is 6.76. The number of rotatable bonds is 5. The maximum Gasteiger partial charge on any atom is 0.152 e. The Morgan fingerprint density at radius 2 is 2.30 bits per heavy atom. The van der Waals surface area contributed by atoms with Crippen molar-refractivity contribution >= 4 is 5.69 Å². The molecule has 0 saturated heterocycles. The molecule has 0 atom stereocenters. The molecule has 0 radical (unpaired) electrons. The Balaban J connectivity index is 1.77. The van der Waals surface area contributed by atoms with Crippen LogP contribution >= 0.6 is 0 Å². The average molecular weight is 272 g/mol. The Morgan fingerprint density at radius 1 is 1.35 bits per heavy atom. The number of nitrogens with one attached hydrogen (secondary N) is 1. The summed E-state index contributed by atoms with van der Waals surface area (Å²) in [5.74, 6) is 1.02. The largest absolute Gasteiger partial charge is 0.361 e. The van der Waals surface area contributed by atoms with Crippen LogP contribution in [0.2, 0.25) is 0 Å². The van der Waals surface area contributed by atoms with Crippen molar-refractivity contribution in [2.45, 2.75) is 33.0 Å². The molecule has 0 amide bonds. The van der Waals surface area contributed by atoms with E-state index < -0.39 is 0 Å². The highest BCUT2D eigenvalue weighted by molar-refractivity contribution is 5.52. The summed E-state index contributed by atoms with van der Waals surface area (Å²) in [5.41, 5.74) is 2.49. The zero-order valence-electron chi connectivity index (χ0n) is 11.8. The summed E-state index contributed by atoms with van der Waals surface area (Å²) in [7, 11) is 0. The fraction of sp³-hybridized carbons (Fsp3) is 0.500. The second-order valence-corrected chi connectivity index (χ2v) is 5.04. The van der Waals surface area contributed by atoms with E-state index >= 15 is 0 Å². The van der Waals surface area contributed by atoms with Crippen LogP contribution < -0.4 is 10.2 Å². The number of aromatic nitrogens is 4. The summed E-state index contributed by atoms with van der Waals surface area (Å²) in [6.45, 7) is 6.80. The molecule has 0 aliphatic carbocycles. The van der Waals surface area contributed by atoms with Gasteiger partial charge in [-0.05, 0) is 24.6 Å². The molecule has 6 heteroatoms. The third-order valence-corrected chi connectivity index (χ3v) is 3.61. The summed E-state index contributed by atoms with van der Waals surface area (Å²) < 4.78 is 2.11. The van der Waals surface area contributed by atoms with Crippen molar-refractivity contribution < 1.29 is 0 Å². The highest BCUT2D eigenvalue weighted by Gasteiger charge is 2.19. The Morgan fingerprint density at radius 3 is 3.20 bits per heavy atom. The number of pyridine rings is 1. The third kappa shape index (κ3) is 2.65. The van der Waals surface area contributed by atoms with Crippen LogP contribution in [0.3, 0.4) is 0 Å². The van der Waals surface area contributed by atoms with Crippen molar-refractivity contribution in [1.82, 2.24) is 25.1 Å². The van der Waals surface area contributed by atoms with E-state index in [2.05, 4.69) is 43.0 Å². The van der Waals surface area contributed by atoms with Gasteiger partial charge in [-0.15, -0.1) is 10.2 Å². The quantitative estimate of drug-likeness (QED) is 0.829. The van der Waals surface area contributed by atoms with Gasteiger partial charge in [-0.1, -0.05) is 6.92 Å². The molecule has 0 unspecified atom stereocenters. The Kier molecular flexibility index (Phi) is 3.92. The molecule has 0 saturated carbocycles. The molecule has 106 valence electrons. The van der Waals surface area contributed by atoms with Gasteiger partial charge in [0, 0.05) is 25.8 Å². The molecule has 0 fully saturated rings. The van der Waals surface area contributed by atoms with Crippen molar-refractivity contribution in [1.29, 1.82) is 0 Å². The Bertz CT molecular complexity index is 564. The first-order chi connectivity index (χ1) is 9.88. The van der Waals surface area contributed by atoms with Crippen LogP contribution in [0, 0.1) is 0 Å². The number of hydrogen-bond donors (Lipinski definition) is 1. The Hall–Kier alpha value is -1.95. The Labute approximate surface area is 118 Å². The first-order valence-corrected chi connectivity index (χ1v) is 7.13. The highest BCUT2D eigenvalue weighted by atomic mass is 15.3. The number of anilines is 1. The predicted octanol–water partition coefficient (Wildman–Crippen LogP) is 1.19. The van der Waals surface area contributed by atoms with Gasteiger partial charge >= 0.3 is 0 Å². The maximum atomic E-state index is 4.28. The number of hydrogen-bond acceptors (Lipinski definition) is 5. The zero-order valence-corrected chi connectivity index (χ0v) is 11.8. The van der Waals surface area contributed by atoms with Crippen molar-refractivity contribution in [2.24, 2.45) is 0 Å². The van der Waals surface area contributed by atoms with Crippen molar-refractivity contribution in [2.75, 3.05) is 18.0 Å². The molecule has 0 bridgehead atoms. The normalized spacial score (nSPS) is 14.3. The molecule has 2 aromatic heterocycles. The van der Waals surface area contributed by atoms with Gasteiger partial charge in [-0.25, -0.2) is 0 Å². The van der Waals surface area contributed by atoms with Gasteiger partial charge in [-0.3, -0.25) is 4.98 Å². The van der Waals surface area contributed by atoms with Gasteiger partial charge in [0.2, 0.25) is 0 Å². The molecule has 2 aromatic rings. The first kappa shape index (κ1) is 13.1. The molecular weight excluding hydrogens is 252 g/mol. The predicted molar refractivity (Wildman–Crippen MR) is 77.3 cm³/mol. The van der Waals surface area contributed by atoms with Gasteiger partial charge in [0.05, 0.1) is 18.4 Å². The highest BCUT2D eigenvalue weighted by Crippen LogP contribution is 2.23. The smallest absolute Gasteiger partial charge is 0.152 e. The minimum atomic E-state index is 0.798. The molecular formula is C14H20N6. The zero-order chi connectivity index (χ0) is 13.8. The number of fused-ring (bicyclic) bond motifs is 1. The molecule has 3 heterocycles. The van der Waals surface area contributed by atoms with E-state index in [1.165, 1.54) is 11.3 Å². The van der Waals surface area contributed by atoms with Crippen LogP contribution in [0.5, 0.6) is 0 Å². The van der Waals surface area contributed by atoms with Crippen LogP contribution in [0.4, 0.5) is 5.69 Å². The summed E-state index contributed by atoms with van der Waals surface area (Å²) in [6, 6.07) is 2.09. The third-order valence-electron chi connectivity index (χ3n) is 3.61. The SMILES string of the molecule is CCCNCc1ccncc1N1CCn2cnnc2C1. The molecule has 1 aliphatic heterocycles. The van der Waals surface area contributed by atoms with Gasteiger partial charge in [0.25, 0.3) is 0 Å². The van der Waals surface area contributed by atoms with Crippen LogP contribution in [0.15, 0.2) is 24.8 Å². The second kappa shape index (κ2) is 6.00. The molecule has 6 nitrogen and oxygen atoms in total. The lowest BCUT2D eigenvalue weighted by molar-refractivity contribution is 0.556. The van der Waals surface area contributed by atoms with Crippen LogP contribution in [0.25, 0.3) is 0 Å². The standard InChI is InChI=1S/C14H20N6/c1-2-4-15-8-12-3-5-16-9-13(12)19-6-7-20-11-17-18-14(20)10-19/h3,5,9,11,15H,2,4,6-8,10H2,1H3. The fourth-order valence-electron chi connectivity index (χ4n) is 2.52. The molecule has 0 spiro atoms. The van der Waals surface area contributed by atoms with E-state index in [1.54, 1.807) is 6.33 Å². The van der Waals surface area contributed by atoms with E-state index in [9.17, 15) is 0 Å². The van der Waals surface area contributed by atoms with Crippen molar-refractivity contribution in [3.05, 3.63) is 36.2 Å². The minimum Gasteiger partial charge on any atom is -0.361 e. The summed E-state index contributed by atoms with van der Waals surface area (Å²) in [5, 5.41) is 11.6. The summed E-state index contributed by atoms with van der Waals surface area (Å²) in [4.78, 5) is 6.61. The molecule has 0 aromatic carbocycles. The number of nitrogens with zero attached hydrogens (tertiary/aromatic N) is 5. The van der Waals surface area contributed by atoms with Crippen molar-refractivity contribution in [3.63, 3.8) is 0 Å². The minimum absolute atomic E-state index is 0.798. The van der Waals surface area contributed by atoms with E-state index in [-0.39, 0.29) is 0 Å². The van der Waals surface area contributed by atoms with Crippen LogP contribution in [-0.4, -0.2) is 32.8 Å². The molecule has 20 heavy (non-hydrogen) atoms. The van der Waals surface area contributed by atoms with E-state index in [0.717, 1.165) is 45.0 Å². The average Bonchev–Trinajstić information content (AvgIpc) is 2.95. The first-order valence-electron chi connectivity index (χ1n) is 7.13. The lowest BCUT2D eigenvalue weighted by Gasteiger charge is -2.30. The van der Waals surface area contributed by atoms with Gasteiger partial charge in [0.15, 0.2) is 5.82 Å². The molecule has 3 rings (SSSR count). The van der Waals surface area contributed by atoms with Gasteiger partial charge in [-0.2, -0.15) is 0 Å². The van der Waals surface area contributed by atoms with E-state index in [1.807, 2.05) is 12.4 Å². The van der Waals surface area contributed by atoms with E-state index in [4.69, 9.17) is 0 Å². The maximum absolute atomic E-state index is 4.28. The lowest BCUT2D eigenvalue weighted by Crippen LogP contribution is -2.34. The van der Waals surface area contributed by atoms with Crippen molar-refractivity contribution in [3.8, 4) is 0 Å². The summed E-state index contributed by atoms with van der Waals surface area (Å²) >= 11 is 0. The van der Waals surface area contributed by atoms with Gasteiger partial charge in [0.1, 0.15) is 6.33 Å². The topological polar surface area (TPSA) is 58.9 Å². The monoisotopic (exact) mass is 272 g/mol. The van der Waals surface area contributed by atoms with Crippen LogP contribution in [-0.2, 0) is 19.6 Å². The van der Waals surface area contributed by atoms with Crippen LogP contribution in [0.1, 0.15) is 24.7 Å². The second-order valence-electron chi connectivity index (χ2n) is 5.04. The fourth-order valence-corrected chi connectivity index (χ4v) is 2.52. The molecule has 1 N–H and O–H groups in total. The van der Waals surface area contributed by atoms with E-state index in [0.29, 0.717) is 0 Å². The molecule has 1 aliphatic rings. The van der Waals surface area contributed by atoms with Gasteiger partial charge < -0.3 is 14.8 Å².